The topological polar surface area (TPSA) is 46.2 Å². The lowest BCUT2D eigenvalue weighted by Gasteiger charge is -2.41. The molecule has 0 heterocycles. The summed E-state index contributed by atoms with van der Waals surface area (Å²) in [5, 5.41) is 3.44. The van der Waals surface area contributed by atoms with Crippen LogP contribution in [0.3, 0.4) is 0 Å². The molecule has 4 heteroatoms. The molecule has 0 aliphatic heterocycles. The fraction of sp³-hybridized carbons (Fsp3) is 1.00. The number of hydrogen-bond donors (Lipinski definition) is 1. The largest absolute Gasteiger partial charge is 0.317 e. The van der Waals surface area contributed by atoms with Gasteiger partial charge in [-0.1, -0.05) is 32.6 Å². The van der Waals surface area contributed by atoms with Crippen LogP contribution in [0, 0.1) is 17.8 Å². The summed E-state index contributed by atoms with van der Waals surface area (Å²) in [5.74, 6) is 2.17. The van der Waals surface area contributed by atoms with Crippen molar-refractivity contribution >= 4 is 9.84 Å². The smallest absolute Gasteiger partial charge is 0.150 e. The Morgan fingerprint density at radius 1 is 1.05 bits per heavy atom. The number of sulfone groups is 1. The van der Waals surface area contributed by atoms with Crippen molar-refractivity contribution in [3.63, 3.8) is 0 Å². The minimum Gasteiger partial charge on any atom is -0.317 e. The van der Waals surface area contributed by atoms with Gasteiger partial charge in [-0.25, -0.2) is 8.42 Å². The lowest BCUT2D eigenvalue weighted by molar-refractivity contribution is 0.128. The second-order valence-electron chi connectivity index (χ2n) is 6.89. The quantitative estimate of drug-likeness (QED) is 0.849. The van der Waals surface area contributed by atoms with Gasteiger partial charge in [-0.3, -0.25) is 0 Å². The van der Waals surface area contributed by atoms with E-state index in [-0.39, 0.29) is 5.25 Å². The van der Waals surface area contributed by atoms with Crippen LogP contribution >= 0.6 is 0 Å². The Morgan fingerprint density at radius 3 is 2.50 bits per heavy atom. The Bertz CT molecular complexity index is 393. The fourth-order valence-electron chi connectivity index (χ4n) is 4.40. The highest BCUT2D eigenvalue weighted by atomic mass is 32.2. The van der Waals surface area contributed by atoms with Crippen LogP contribution in [0.25, 0.3) is 0 Å². The molecule has 0 saturated heterocycles. The molecule has 3 nitrogen and oxygen atoms in total. The maximum atomic E-state index is 11.9. The molecule has 0 aromatic rings. The van der Waals surface area contributed by atoms with Crippen LogP contribution in [0.2, 0.25) is 0 Å². The van der Waals surface area contributed by atoms with Gasteiger partial charge in [0.1, 0.15) is 9.84 Å². The highest BCUT2D eigenvalue weighted by Gasteiger charge is 2.37. The first-order chi connectivity index (χ1) is 9.52. The predicted molar refractivity (Wildman–Crippen MR) is 84.6 cm³/mol. The van der Waals surface area contributed by atoms with Gasteiger partial charge in [0.15, 0.2) is 0 Å². The summed E-state index contributed by atoms with van der Waals surface area (Å²) in [6, 6.07) is 0. The molecule has 0 radical (unpaired) electrons. The van der Waals surface area contributed by atoms with Crippen molar-refractivity contribution in [2.45, 2.75) is 63.5 Å². The summed E-state index contributed by atoms with van der Waals surface area (Å²) in [7, 11) is -2.85. The number of rotatable bonds is 5. The van der Waals surface area contributed by atoms with E-state index in [4.69, 9.17) is 0 Å². The standard InChI is InChI=1S/C16H31NO2S/c1-3-17-12-14-7-4-5-10-16(14)13-8-6-9-15(11-13)20(2,18)19/h13-17H,3-12H2,1-2H3. The van der Waals surface area contributed by atoms with E-state index in [0.717, 1.165) is 44.2 Å². The molecule has 0 aromatic heterocycles. The first-order valence-corrected chi connectivity index (χ1v) is 10.4. The molecule has 4 atom stereocenters. The van der Waals surface area contributed by atoms with Gasteiger partial charge in [0.25, 0.3) is 0 Å². The fourth-order valence-corrected chi connectivity index (χ4v) is 5.59. The van der Waals surface area contributed by atoms with E-state index < -0.39 is 9.84 Å². The van der Waals surface area contributed by atoms with Gasteiger partial charge in [0.2, 0.25) is 0 Å². The molecular weight excluding hydrogens is 270 g/mol. The molecule has 1 N–H and O–H groups in total. The normalized spacial score (nSPS) is 35.9. The van der Waals surface area contributed by atoms with Crippen molar-refractivity contribution in [3.05, 3.63) is 0 Å². The Hall–Kier alpha value is -0.0900. The Kier molecular flexibility index (Phi) is 5.91. The Balaban J connectivity index is 2.00. The van der Waals surface area contributed by atoms with E-state index in [1.54, 1.807) is 0 Å². The third kappa shape index (κ3) is 4.20. The molecule has 0 spiro atoms. The van der Waals surface area contributed by atoms with E-state index in [9.17, 15) is 8.42 Å². The van der Waals surface area contributed by atoms with Gasteiger partial charge in [-0.2, -0.15) is 0 Å². The van der Waals surface area contributed by atoms with Gasteiger partial charge in [-0.15, -0.1) is 0 Å². The first-order valence-electron chi connectivity index (χ1n) is 8.42. The lowest BCUT2D eigenvalue weighted by atomic mass is 9.68. The van der Waals surface area contributed by atoms with Crippen molar-refractivity contribution < 1.29 is 8.42 Å². The molecule has 0 bridgehead atoms. The highest BCUT2D eigenvalue weighted by molar-refractivity contribution is 7.91. The van der Waals surface area contributed by atoms with Gasteiger partial charge in [-0.05, 0) is 56.5 Å². The molecular formula is C16H31NO2S. The van der Waals surface area contributed by atoms with E-state index in [2.05, 4.69) is 12.2 Å². The molecule has 2 saturated carbocycles. The van der Waals surface area contributed by atoms with Gasteiger partial charge in [0.05, 0.1) is 5.25 Å². The van der Waals surface area contributed by atoms with Crippen LogP contribution in [0.15, 0.2) is 0 Å². The monoisotopic (exact) mass is 301 g/mol. The van der Waals surface area contributed by atoms with Crippen molar-refractivity contribution in [2.75, 3.05) is 19.3 Å². The average molecular weight is 301 g/mol. The van der Waals surface area contributed by atoms with Crippen LogP contribution in [0.5, 0.6) is 0 Å². The average Bonchev–Trinajstić information content (AvgIpc) is 2.45. The minimum absolute atomic E-state index is 0.0667. The zero-order chi connectivity index (χ0) is 14.6. The summed E-state index contributed by atoms with van der Waals surface area (Å²) in [5.41, 5.74) is 0. The summed E-state index contributed by atoms with van der Waals surface area (Å²) in [6.45, 7) is 4.33. The summed E-state index contributed by atoms with van der Waals surface area (Å²) in [6.07, 6.45) is 10.9. The second kappa shape index (κ2) is 7.26. The van der Waals surface area contributed by atoms with E-state index >= 15 is 0 Å². The SMILES string of the molecule is CCNCC1CCCCC1C1CCCC(S(C)(=O)=O)C1. The molecule has 2 aliphatic carbocycles. The minimum atomic E-state index is -2.85. The maximum Gasteiger partial charge on any atom is 0.150 e. The summed E-state index contributed by atoms with van der Waals surface area (Å²) < 4.78 is 23.7. The van der Waals surface area contributed by atoms with Crippen molar-refractivity contribution in [3.8, 4) is 0 Å². The molecule has 0 amide bonds. The zero-order valence-electron chi connectivity index (χ0n) is 13.1. The van der Waals surface area contributed by atoms with Crippen molar-refractivity contribution in [1.29, 1.82) is 0 Å². The lowest BCUT2D eigenvalue weighted by Crippen LogP contribution is -2.38. The maximum absolute atomic E-state index is 11.9. The molecule has 118 valence electrons. The van der Waals surface area contributed by atoms with Gasteiger partial charge in [0, 0.05) is 6.26 Å². The van der Waals surface area contributed by atoms with Gasteiger partial charge < -0.3 is 5.32 Å². The zero-order valence-corrected chi connectivity index (χ0v) is 13.9. The van der Waals surface area contributed by atoms with Crippen LogP contribution in [-0.2, 0) is 9.84 Å². The molecule has 2 rings (SSSR count). The van der Waals surface area contributed by atoms with Crippen molar-refractivity contribution in [2.24, 2.45) is 17.8 Å². The number of nitrogens with one attached hydrogen (secondary N) is 1. The summed E-state index contributed by atoms with van der Waals surface area (Å²) in [4.78, 5) is 0. The van der Waals surface area contributed by atoms with E-state index in [1.165, 1.54) is 38.4 Å². The number of hydrogen-bond acceptors (Lipinski definition) is 3. The molecule has 4 unspecified atom stereocenters. The molecule has 20 heavy (non-hydrogen) atoms. The highest BCUT2D eigenvalue weighted by Crippen LogP contribution is 2.42. The van der Waals surface area contributed by atoms with Gasteiger partial charge >= 0.3 is 0 Å². The molecule has 2 aliphatic rings. The third-order valence-corrected chi connectivity index (χ3v) is 7.14. The second-order valence-corrected chi connectivity index (χ2v) is 9.22. The van der Waals surface area contributed by atoms with Crippen LogP contribution < -0.4 is 5.32 Å². The van der Waals surface area contributed by atoms with Crippen LogP contribution in [0.4, 0.5) is 0 Å². The first kappa shape index (κ1) is 16.3. The molecule has 2 fully saturated rings. The van der Waals surface area contributed by atoms with Crippen molar-refractivity contribution in [1.82, 2.24) is 5.32 Å². The van der Waals surface area contributed by atoms with E-state index in [1.807, 2.05) is 0 Å². The van der Waals surface area contributed by atoms with E-state index in [0.29, 0.717) is 5.92 Å². The molecule has 0 aromatic carbocycles. The third-order valence-electron chi connectivity index (χ3n) is 5.50. The Labute approximate surface area is 124 Å². The predicted octanol–water partition coefficient (Wildman–Crippen LogP) is 3.01. The Morgan fingerprint density at radius 2 is 1.80 bits per heavy atom. The van der Waals surface area contributed by atoms with Crippen LogP contribution in [0.1, 0.15) is 58.3 Å². The summed E-state index contributed by atoms with van der Waals surface area (Å²) >= 11 is 0. The van der Waals surface area contributed by atoms with Crippen LogP contribution in [-0.4, -0.2) is 33.0 Å².